The molecule has 2 heterocycles. The van der Waals surface area contributed by atoms with Crippen molar-refractivity contribution in [1.82, 2.24) is 20.4 Å². The highest BCUT2D eigenvalue weighted by molar-refractivity contribution is 6.09. The number of urea groups is 1. The van der Waals surface area contributed by atoms with Gasteiger partial charge in [0, 0.05) is 13.1 Å². The first-order chi connectivity index (χ1) is 16.2. The summed E-state index contributed by atoms with van der Waals surface area (Å²) in [6.45, 7) is 9.96. The first kappa shape index (κ1) is 24.7. The maximum absolute atomic E-state index is 13.2. The Hall–Kier alpha value is -2.41. The standard InChI is InChI=1S/C27H40N4O3/c1-26(2,3)22-11-13-27(14-12-22)24(33)31(25(34)29-27)19-23(32)28-17-20-9-5-6-10-21(20)18-30-15-7-4-8-16-30/h5-6,9-10,22H,4,7-8,11-19H2,1-3H3,(H,28,32)(H,29,34). The van der Waals surface area contributed by atoms with Gasteiger partial charge in [-0.25, -0.2) is 4.79 Å². The number of imide groups is 1. The lowest BCUT2D eigenvalue weighted by Gasteiger charge is -2.40. The number of piperidine rings is 1. The van der Waals surface area contributed by atoms with Crippen LogP contribution in [0.3, 0.4) is 0 Å². The minimum Gasteiger partial charge on any atom is -0.350 e. The molecule has 2 N–H and O–H groups in total. The van der Waals surface area contributed by atoms with Crippen LogP contribution in [-0.4, -0.2) is 52.8 Å². The molecular weight excluding hydrogens is 428 g/mol. The fourth-order valence-corrected chi connectivity index (χ4v) is 5.77. The van der Waals surface area contributed by atoms with Gasteiger partial charge in [-0.05, 0) is 74.1 Å². The zero-order valence-corrected chi connectivity index (χ0v) is 21.0. The van der Waals surface area contributed by atoms with Crippen LogP contribution in [0.1, 0.15) is 76.8 Å². The largest absolute Gasteiger partial charge is 0.350 e. The second-order valence-corrected chi connectivity index (χ2v) is 11.4. The first-order valence-electron chi connectivity index (χ1n) is 12.9. The number of carbonyl (C=O) groups is 3. The van der Waals surface area contributed by atoms with E-state index in [4.69, 9.17) is 0 Å². The molecule has 4 rings (SSSR count). The summed E-state index contributed by atoms with van der Waals surface area (Å²) in [5.41, 5.74) is 1.65. The van der Waals surface area contributed by atoms with E-state index in [1.165, 1.54) is 24.8 Å². The van der Waals surface area contributed by atoms with E-state index in [9.17, 15) is 14.4 Å². The Morgan fingerprint density at radius 2 is 1.71 bits per heavy atom. The van der Waals surface area contributed by atoms with Gasteiger partial charge in [-0.3, -0.25) is 19.4 Å². The van der Waals surface area contributed by atoms with Crippen molar-refractivity contribution >= 4 is 17.8 Å². The van der Waals surface area contributed by atoms with Gasteiger partial charge in [-0.2, -0.15) is 0 Å². The van der Waals surface area contributed by atoms with Gasteiger partial charge in [0.05, 0.1) is 0 Å². The first-order valence-corrected chi connectivity index (χ1v) is 12.9. The van der Waals surface area contributed by atoms with Gasteiger partial charge < -0.3 is 10.6 Å². The molecule has 0 radical (unpaired) electrons. The fourth-order valence-electron chi connectivity index (χ4n) is 5.77. The van der Waals surface area contributed by atoms with Crippen LogP contribution < -0.4 is 10.6 Å². The SMILES string of the molecule is CC(C)(C)C1CCC2(CC1)NC(=O)N(CC(=O)NCc1ccccc1CN1CCCCC1)C2=O. The molecule has 1 saturated carbocycles. The molecule has 0 atom stereocenters. The zero-order chi connectivity index (χ0) is 24.3. The molecular formula is C27H40N4O3. The van der Waals surface area contributed by atoms with Crippen LogP contribution >= 0.6 is 0 Å². The predicted molar refractivity (Wildman–Crippen MR) is 132 cm³/mol. The molecule has 7 heteroatoms. The number of nitrogens with one attached hydrogen (secondary N) is 2. The third kappa shape index (κ3) is 5.45. The molecule has 4 amide bonds. The summed E-state index contributed by atoms with van der Waals surface area (Å²) in [7, 11) is 0. The van der Waals surface area contributed by atoms with Crippen LogP contribution in [0.4, 0.5) is 4.79 Å². The third-order valence-corrected chi connectivity index (χ3v) is 8.05. The third-order valence-electron chi connectivity index (χ3n) is 8.05. The van der Waals surface area contributed by atoms with Crippen LogP contribution in [0.15, 0.2) is 24.3 Å². The molecule has 34 heavy (non-hydrogen) atoms. The topological polar surface area (TPSA) is 81.8 Å². The summed E-state index contributed by atoms with van der Waals surface area (Å²) >= 11 is 0. The molecule has 0 bridgehead atoms. The lowest BCUT2D eigenvalue weighted by molar-refractivity contribution is -0.136. The van der Waals surface area contributed by atoms with Crippen molar-refractivity contribution in [3.05, 3.63) is 35.4 Å². The van der Waals surface area contributed by atoms with Gasteiger partial charge >= 0.3 is 6.03 Å². The van der Waals surface area contributed by atoms with E-state index in [2.05, 4.69) is 42.4 Å². The molecule has 2 aliphatic heterocycles. The molecule has 0 aromatic heterocycles. The highest BCUT2D eigenvalue weighted by atomic mass is 16.2. The molecule has 1 aliphatic carbocycles. The van der Waals surface area contributed by atoms with E-state index >= 15 is 0 Å². The van der Waals surface area contributed by atoms with Crippen molar-refractivity contribution in [2.24, 2.45) is 11.3 Å². The minimum atomic E-state index is -0.833. The second kappa shape index (κ2) is 10.1. The highest BCUT2D eigenvalue weighted by Crippen LogP contribution is 2.43. The number of rotatable bonds is 6. The van der Waals surface area contributed by atoms with Crippen molar-refractivity contribution in [2.75, 3.05) is 19.6 Å². The average molecular weight is 469 g/mol. The minimum absolute atomic E-state index is 0.192. The van der Waals surface area contributed by atoms with E-state index in [1.807, 2.05) is 18.2 Å². The molecule has 1 aromatic rings. The fraction of sp³-hybridized carbons (Fsp3) is 0.667. The second-order valence-electron chi connectivity index (χ2n) is 11.4. The monoisotopic (exact) mass is 468 g/mol. The summed E-state index contributed by atoms with van der Waals surface area (Å²) in [6, 6.07) is 7.73. The van der Waals surface area contributed by atoms with Gasteiger partial charge in [0.1, 0.15) is 12.1 Å². The smallest absolute Gasteiger partial charge is 0.325 e. The number of hydrogen-bond donors (Lipinski definition) is 2. The Morgan fingerprint density at radius 1 is 1.06 bits per heavy atom. The summed E-state index contributed by atoms with van der Waals surface area (Å²) in [4.78, 5) is 42.1. The lowest BCUT2D eigenvalue weighted by atomic mass is 9.67. The number of hydrogen-bond acceptors (Lipinski definition) is 4. The van der Waals surface area contributed by atoms with Crippen molar-refractivity contribution in [3.63, 3.8) is 0 Å². The molecule has 1 spiro atoms. The Balaban J connectivity index is 1.32. The average Bonchev–Trinajstić information content (AvgIpc) is 3.02. The molecule has 3 fully saturated rings. The van der Waals surface area contributed by atoms with Crippen molar-refractivity contribution in [2.45, 2.75) is 84.3 Å². The summed E-state index contributed by atoms with van der Waals surface area (Å²) in [5.74, 6) is -0.0209. The van der Waals surface area contributed by atoms with Gasteiger partial charge in [-0.15, -0.1) is 0 Å². The van der Waals surface area contributed by atoms with Crippen molar-refractivity contribution < 1.29 is 14.4 Å². The van der Waals surface area contributed by atoms with Gasteiger partial charge in [-0.1, -0.05) is 51.5 Å². The Kier molecular flexibility index (Phi) is 7.31. The lowest BCUT2D eigenvalue weighted by Crippen LogP contribution is -2.51. The van der Waals surface area contributed by atoms with Crippen LogP contribution in [0.2, 0.25) is 0 Å². The molecule has 186 valence electrons. The predicted octanol–water partition coefficient (Wildman–Crippen LogP) is 3.82. The summed E-state index contributed by atoms with van der Waals surface area (Å²) < 4.78 is 0. The summed E-state index contributed by atoms with van der Waals surface area (Å²) in [6.07, 6.45) is 6.87. The summed E-state index contributed by atoms with van der Waals surface area (Å²) in [5, 5.41) is 5.86. The van der Waals surface area contributed by atoms with Crippen LogP contribution in [0, 0.1) is 11.3 Å². The zero-order valence-electron chi connectivity index (χ0n) is 21.0. The highest BCUT2D eigenvalue weighted by Gasteiger charge is 2.53. The quantitative estimate of drug-likeness (QED) is 0.622. The van der Waals surface area contributed by atoms with Crippen molar-refractivity contribution in [1.29, 1.82) is 0 Å². The number of carbonyl (C=O) groups excluding carboxylic acids is 3. The molecule has 7 nitrogen and oxygen atoms in total. The maximum atomic E-state index is 13.2. The number of nitrogens with zero attached hydrogens (tertiary/aromatic N) is 2. The Morgan fingerprint density at radius 3 is 2.35 bits per heavy atom. The number of amides is 4. The molecule has 3 aliphatic rings. The molecule has 1 aromatic carbocycles. The van der Waals surface area contributed by atoms with Gasteiger partial charge in [0.2, 0.25) is 5.91 Å². The Labute approximate surface area is 203 Å². The van der Waals surface area contributed by atoms with Crippen LogP contribution in [0.5, 0.6) is 0 Å². The number of benzene rings is 1. The molecule has 0 unspecified atom stereocenters. The van der Waals surface area contributed by atoms with Crippen molar-refractivity contribution in [3.8, 4) is 0 Å². The normalized spacial score (nSPS) is 26.1. The van der Waals surface area contributed by atoms with E-state index < -0.39 is 11.6 Å². The van der Waals surface area contributed by atoms with Gasteiger partial charge in [0.25, 0.3) is 5.91 Å². The van der Waals surface area contributed by atoms with Gasteiger partial charge in [0.15, 0.2) is 0 Å². The van der Waals surface area contributed by atoms with E-state index in [0.29, 0.717) is 25.3 Å². The maximum Gasteiger partial charge on any atom is 0.325 e. The van der Waals surface area contributed by atoms with E-state index in [1.54, 1.807) is 0 Å². The van der Waals surface area contributed by atoms with Crippen LogP contribution in [-0.2, 0) is 22.7 Å². The number of likely N-dealkylation sites (tertiary alicyclic amines) is 1. The van der Waals surface area contributed by atoms with E-state index in [-0.39, 0.29) is 23.8 Å². The Bertz CT molecular complexity index is 909. The molecule has 2 saturated heterocycles. The van der Waals surface area contributed by atoms with E-state index in [0.717, 1.165) is 42.9 Å². The van der Waals surface area contributed by atoms with Crippen LogP contribution in [0.25, 0.3) is 0 Å².